The standard InChI is InChI=1S/C15H16ClNOS/c1-19-15-8-3-2-7-13(15)18-14(10-17)11-5-4-6-12(16)9-11/h2-9,14H,10,17H2,1H3. The molecule has 0 spiro atoms. The highest BCUT2D eigenvalue weighted by Crippen LogP contribution is 2.31. The van der Waals surface area contributed by atoms with Gasteiger partial charge in [-0.2, -0.15) is 0 Å². The second kappa shape index (κ2) is 6.85. The number of halogens is 1. The summed E-state index contributed by atoms with van der Waals surface area (Å²) in [7, 11) is 0. The Morgan fingerprint density at radius 2 is 2.00 bits per heavy atom. The van der Waals surface area contributed by atoms with Gasteiger partial charge in [-0.25, -0.2) is 0 Å². The quantitative estimate of drug-likeness (QED) is 0.842. The highest BCUT2D eigenvalue weighted by atomic mass is 35.5. The van der Waals surface area contributed by atoms with Crippen LogP contribution >= 0.6 is 23.4 Å². The second-order valence-electron chi connectivity index (χ2n) is 4.05. The minimum Gasteiger partial charge on any atom is -0.483 e. The maximum Gasteiger partial charge on any atom is 0.136 e. The van der Waals surface area contributed by atoms with E-state index in [4.69, 9.17) is 22.1 Å². The lowest BCUT2D eigenvalue weighted by atomic mass is 10.1. The predicted molar refractivity (Wildman–Crippen MR) is 82.1 cm³/mol. The first-order chi connectivity index (χ1) is 9.24. The maximum atomic E-state index is 6.02. The highest BCUT2D eigenvalue weighted by Gasteiger charge is 2.13. The summed E-state index contributed by atoms with van der Waals surface area (Å²) in [5, 5.41) is 0.692. The molecule has 0 saturated carbocycles. The molecule has 100 valence electrons. The van der Waals surface area contributed by atoms with Gasteiger partial charge < -0.3 is 10.5 Å². The molecule has 0 aliphatic rings. The molecule has 1 atom stereocenters. The van der Waals surface area contributed by atoms with Crippen LogP contribution in [0, 0.1) is 0 Å². The molecule has 0 bridgehead atoms. The van der Waals surface area contributed by atoms with Crippen molar-refractivity contribution in [2.75, 3.05) is 12.8 Å². The SMILES string of the molecule is CSc1ccccc1OC(CN)c1cccc(Cl)c1. The first kappa shape index (κ1) is 14.3. The summed E-state index contributed by atoms with van der Waals surface area (Å²) in [5.74, 6) is 0.852. The molecule has 4 heteroatoms. The number of nitrogens with two attached hydrogens (primary N) is 1. The third kappa shape index (κ3) is 3.66. The van der Waals surface area contributed by atoms with E-state index in [2.05, 4.69) is 0 Å². The molecule has 0 fully saturated rings. The maximum absolute atomic E-state index is 6.02. The van der Waals surface area contributed by atoms with Crippen LogP contribution in [0.15, 0.2) is 53.4 Å². The number of ether oxygens (including phenoxy) is 1. The van der Waals surface area contributed by atoms with Gasteiger partial charge in [0.25, 0.3) is 0 Å². The Morgan fingerprint density at radius 1 is 1.21 bits per heavy atom. The molecule has 0 amide bonds. The average molecular weight is 294 g/mol. The van der Waals surface area contributed by atoms with Crippen molar-refractivity contribution in [1.82, 2.24) is 0 Å². The Morgan fingerprint density at radius 3 is 2.68 bits per heavy atom. The predicted octanol–water partition coefficient (Wildman–Crippen LogP) is 4.14. The molecule has 0 aromatic heterocycles. The van der Waals surface area contributed by atoms with Crippen molar-refractivity contribution in [2.45, 2.75) is 11.0 Å². The highest BCUT2D eigenvalue weighted by molar-refractivity contribution is 7.98. The molecular weight excluding hydrogens is 278 g/mol. The van der Waals surface area contributed by atoms with Crippen LogP contribution < -0.4 is 10.5 Å². The number of thioether (sulfide) groups is 1. The molecule has 0 aliphatic heterocycles. The average Bonchev–Trinajstić information content (AvgIpc) is 2.45. The molecule has 2 aromatic carbocycles. The Balaban J connectivity index is 2.24. The molecular formula is C15H16ClNOS. The molecule has 19 heavy (non-hydrogen) atoms. The summed E-state index contributed by atoms with van der Waals surface area (Å²) in [6, 6.07) is 15.6. The summed E-state index contributed by atoms with van der Waals surface area (Å²) < 4.78 is 6.02. The molecule has 0 radical (unpaired) electrons. The van der Waals surface area contributed by atoms with Crippen LogP contribution in [-0.2, 0) is 0 Å². The number of benzene rings is 2. The minimum atomic E-state index is -0.188. The molecule has 2 N–H and O–H groups in total. The molecule has 2 aromatic rings. The van der Waals surface area contributed by atoms with E-state index in [1.165, 1.54) is 0 Å². The van der Waals surface area contributed by atoms with Gasteiger partial charge in [0.1, 0.15) is 11.9 Å². The Labute approximate surface area is 122 Å². The summed E-state index contributed by atoms with van der Waals surface area (Å²) in [6.07, 6.45) is 1.84. The van der Waals surface area contributed by atoms with Crippen LogP contribution in [0.2, 0.25) is 5.02 Å². The monoisotopic (exact) mass is 293 g/mol. The van der Waals surface area contributed by atoms with Crippen molar-refractivity contribution in [3.63, 3.8) is 0 Å². The lowest BCUT2D eigenvalue weighted by Gasteiger charge is -2.19. The smallest absolute Gasteiger partial charge is 0.136 e. The van der Waals surface area contributed by atoms with E-state index < -0.39 is 0 Å². The van der Waals surface area contributed by atoms with E-state index in [-0.39, 0.29) is 6.10 Å². The summed E-state index contributed by atoms with van der Waals surface area (Å²) in [6.45, 7) is 0.406. The summed E-state index contributed by atoms with van der Waals surface area (Å²) in [5.41, 5.74) is 6.81. The lowest BCUT2D eigenvalue weighted by molar-refractivity contribution is 0.209. The molecule has 1 unspecified atom stereocenters. The van der Waals surface area contributed by atoms with Crippen molar-refractivity contribution in [2.24, 2.45) is 5.73 Å². The zero-order valence-corrected chi connectivity index (χ0v) is 12.2. The number of rotatable bonds is 5. The Hall–Kier alpha value is -1.16. The molecule has 0 aliphatic carbocycles. The van der Waals surface area contributed by atoms with Crippen molar-refractivity contribution in [3.05, 3.63) is 59.1 Å². The van der Waals surface area contributed by atoms with Gasteiger partial charge >= 0.3 is 0 Å². The first-order valence-corrected chi connectivity index (χ1v) is 7.60. The van der Waals surface area contributed by atoms with Crippen molar-refractivity contribution < 1.29 is 4.74 Å². The van der Waals surface area contributed by atoms with Gasteiger partial charge in [-0.3, -0.25) is 0 Å². The van der Waals surface area contributed by atoms with Crippen LogP contribution in [0.3, 0.4) is 0 Å². The van der Waals surface area contributed by atoms with Gasteiger partial charge in [-0.15, -0.1) is 11.8 Å². The minimum absolute atomic E-state index is 0.188. The van der Waals surface area contributed by atoms with E-state index in [1.807, 2.05) is 54.8 Å². The van der Waals surface area contributed by atoms with Gasteiger partial charge in [0.2, 0.25) is 0 Å². The zero-order valence-electron chi connectivity index (χ0n) is 10.7. The number of para-hydroxylation sites is 1. The van der Waals surface area contributed by atoms with Crippen LogP contribution in [0.1, 0.15) is 11.7 Å². The Bertz CT molecular complexity index is 547. The van der Waals surface area contributed by atoms with E-state index in [9.17, 15) is 0 Å². The number of hydrogen-bond acceptors (Lipinski definition) is 3. The molecule has 2 rings (SSSR count). The summed E-state index contributed by atoms with van der Waals surface area (Å²) in [4.78, 5) is 1.10. The van der Waals surface area contributed by atoms with Gasteiger partial charge in [0.15, 0.2) is 0 Å². The fraction of sp³-hybridized carbons (Fsp3) is 0.200. The zero-order chi connectivity index (χ0) is 13.7. The fourth-order valence-electron chi connectivity index (χ4n) is 1.83. The fourth-order valence-corrected chi connectivity index (χ4v) is 2.56. The van der Waals surface area contributed by atoms with Crippen molar-refractivity contribution >= 4 is 23.4 Å². The van der Waals surface area contributed by atoms with E-state index in [1.54, 1.807) is 11.8 Å². The third-order valence-electron chi connectivity index (χ3n) is 2.77. The largest absolute Gasteiger partial charge is 0.483 e. The molecule has 2 nitrogen and oxygen atoms in total. The Kier molecular flexibility index (Phi) is 5.14. The lowest BCUT2D eigenvalue weighted by Crippen LogP contribution is -2.18. The molecule has 0 saturated heterocycles. The summed E-state index contributed by atoms with van der Waals surface area (Å²) >= 11 is 7.66. The van der Waals surface area contributed by atoms with Crippen LogP contribution in [0.5, 0.6) is 5.75 Å². The van der Waals surface area contributed by atoms with Crippen LogP contribution in [0.4, 0.5) is 0 Å². The van der Waals surface area contributed by atoms with E-state index >= 15 is 0 Å². The van der Waals surface area contributed by atoms with Crippen molar-refractivity contribution in [1.29, 1.82) is 0 Å². The van der Waals surface area contributed by atoms with E-state index in [0.717, 1.165) is 16.2 Å². The number of hydrogen-bond donors (Lipinski definition) is 1. The van der Waals surface area contributed by atoms with E-state index in [0.29, 0.717) is 11.6 Å². The van der Waals surface area contributed by atoms with Crippen molar-refractivity contribution in [3.8, 4) is 5.75 Å². The van der Waals surface area contributed by atoms with Crippen LogP contribution in [-0.4, -0.2) is 12.8 Å². The van der Waals surface area contributed by atoms with Gasteiger partial charge in [0, 0.05) is 16.5 Å². The topological polar surface area (TPSA) is 35.2 Å². The van der Waals surface area contributed by atoms with Gasteiger partial charge in [-0.1, -0.05) is 35.9 Å². The van der Waals surface area contributed by atoms with Crippen LogP contribution in [0.25, 0.3) is 0 Å². The van der Waals surface area contributed by atoms with Gasteiger partial charge in [0.05, 0.1) is 0 Å². The molecule has 0 heterocycles. The van der Waals surface area contributed by atoms with Gasteiger partial charge in [-0.05, 0) is 36.1 Å². The first-order valence-electron chi connectivity index (χ1n) is 6.00. The second-order valence-corrected chi connectivity index (χ2v) is 5.33. The normalized spacial score (nSPS) is 12.2. The third-order valence-corrected chi connectivity index (χ3v) is 3.79.